The Hall–Kier alpha value is -2.64. The van der Waals surface area contributed by atoms with Crippen LogP contribution in [0.3, 0.4) is 0 Å². The van der Waals surface area contributed by atoms with Crippen LogP contribution in [0.2, 0.25) is 0 Å². The fourth-order valence-electron chi connectivity index (χ4n) is 3.33. The number of aryl methyl sites for hydroxylation is 1. The maximum Gasteiger partial charge on any atom is 0.261 e. The summed E-state index contributed by atoms with van der Waals surface area (Å²) >= 11 is 4.96. The third-order valence-electron chi connectivity index (χ3n) is 4.84. The third-order valence-corrected chi connectivity index (χ3v) is 6.81. The van der Waals surface area contributed by atoms with E-state index in [1.165, 1.54) is 11.8 Å². The van der Waals surface area contributed by atoms with Crippen LogP contribution < -0.4 is 10.2 Å². The zero-order valence-corrected chi connectivity index (χ0v) is 18.8. The molecule has 0 saturated heterocycles. The second-order valence-electron chi connectivity index (χ2n) is 7.00. The predicted octanol–water partition coefficient (Wildman–Crippen LogP) is 5.68. The van der Waals surface area contributed by atoms with Gasteiger partial charge in [0.15, 0.2) is 0 Å². The Morgan fingerprint density at radius 1 is 1.17 bits per heavy atom. The molecule has 1 aliphatic heterocycles. The van der Waals surface area contributed by atoms with Crippen LogP contribution in [0.4, 0.5) is 11.4 Å². The van der Waals surface area contributed by atoms with Crippen molar-refractivity contribution in [2.24, 2.45) is 0 Å². The van der Waals surface area contributed by atoms with Gasteiger partial charge < -0.3 is 10.2 Å². The molecule has 0 unspecified atom stereocenters. The van der Waals surface area contributed by atoms with Gasteiger partial charge in [-0.25, -0.2) is 4.98 Å². The monoisotopic (exact) mass is 481 g/mol. The molecular weight excluding hydrogens is 462 g/mol. The number of halogens is 1. The van der Waals surface area contributed by atoms with E-state index >= 15 is 0 Å². The summed E-state index contributed by atoms with van der Waals surface area (Å²) in [4.78, 5) is 32.7. The van der Waals surface area contributed by atoms with E-state index in [1.807, 2.05) is 49.4 Å². The first-order chi connectivity index (χ1) is 14.5. The molecule has 0 saturated carbocycles. The van der Waals surface area contributed by atoms with Gasteiger partial charge in [0.1, 0.15) is 5.03 Å². The lowest BCUT2D eigenvalue weighted by Gasteiger charge is -2.22. The van der Waals surface area contributed by atoms with E-state index in [1.54, 1.807) is 23.2 Å². The Morgan fingerprint density at radius 3 is 2.83 bits per heavy atom. The molecule has 1 aromatic heterocycles. The van der Waals surface area contributed by atoms with E-state index in [9.17, 15) is 9.59 Å². The highest BCUT2D eigenvalue weighted by Gasteiger charge is 2.27. The van der Waals surface area contributed by atoms with E-state index in [4.69, 9.17) is 0 Å². The number of benzene rings is 2. The van der Waals surface area contributed by atoms with Crippen LogP contribution in [0.1, 0.15) is 28.8 Å². The van der Waals surface area contributed by atoms with Gasteiger partial charge in [0.25, 0.3) is 5.91 Å². The largest absolute Gasteiger partial charge is 0.326 e. The molecule has 4 rings (SSSR count). The molecule has 0 radical (unpaired) electrons. The molecule has 2 heterocycles. The van der Waals surface area contributed by atoms with Crippen LogP contribution in [0.15, 0.2) is 75.2 Å². The summed E-state index contributed by atoms with van der Waals surface area (Å²) in [6.07, 6.45) is 2.58. The van der Waals surface area contributed by atoms with E-state index in [2.05, 4.69) is 26.2 Å². The Labute approximate surface area is 188 Å². The van der Waals surface area contributed by atoms with E-state index < -0.39 is 0 Å². The van der Waals surface area contributed by atoms with Crippen LogP contribution in [-0.2, 0) is 4.79 Å². The van der Waals surface area contributed by atoms with Gasteiger partial charge in [-0.1, -0.05) is 39.8 Å². The van der Waals surface area contributed by atoms with Gasteiger partial charge in [-0.3, -0.25) is 9.59 Å². The van der Waals surface area contributed by atoms with E-state index in [0.717, 1.165) is 26.3 Å². The molecule has 2 amide bonds. The van der Waals surface area contributed by atoms with Crippen LogP contribution >= 0.6 is 27.7 Å². The third kappa shape index (κ3) is 4.42. The second kappa shape index (κ2) is 9.02. The van der Waals surface area contributed by atoms with Gasteiger partial charge in [-0.05, 0) is 61.4 Å². The number of fused-ring (bicyclic) bond motifs is 2. The topological polar surface area (TPSA) is 62.3 Å². The molecule has 5 nitrogen and oxygen atoms in total. The van der Waals surface area contributed by atoms with Crippen molar-refractivity contribution in [3.05, 3.63) is 76.4 Å². The molecule has 0 aliphatic carbocycles. The Balaban J connectivity index is 1.46. The molecule has 1 aliphatic rings. The van der Waals surface area contributed by atoms with Gasteiger partial charge in [0.05, 0.1) is 11.3 Å². The van der Waals surface area contributed by atoms with Crippen LogP contribution in [-0.4, -0.2) is 23.3 Å². The maximum atomic E-state index is 13.2. The quantitative estimate of drug-likeness (QED) is 0.508. The standard InChI is InChI=1S/C23H20BrN3O2S/c1-15-14-16(10-11-18(15)24)26-21(28)9-5-13-27-19-7-2-3-8-20(19)30-22-17(23(27)29)6-4-12-25-22/h2-4,6-8,10-12,14H,5,9,13H2,1H3,(H,26,28). The zero-order valence-electron chi connectivity index (χ0n) is 16.4. The van der Waals surface area contributed by atoms with Crippen molar-refractivity contribution in [2.75, 3.05) is 16.8 Å². The highest BCUT2D eigenvalue weighted by atomic mass is 79.9. The highest BCUT2D eigenvalue weighted by Crippen LogP contribution is 2.40. The molecule has 152 valence electrons. The summed E-state index contributed by atoms with van der Waals surface area (Å²) < 4.78 is 1.01. The second-order valence-corrected chi connectivity index (χ2v) is 8.88. The number of carbonyl (C=O) groups excluding carboxylic acids is 2. The average Bonchev–Trinajstić information content (AvgIpc) is 2.86. The minimum atomic E-state index is -0.0838. The minimum Gasteiger partial charge on any atom is -0.326 e. The molecule has 0 bridgehead atoms. The summed E-state index contributed by atoms with van der Waals surface area (Å²) in [5.41, 5.74) is 3.28. The molecule has 30 heavy (non-hydrogen) atoms. The van der Waals surface area contributed by atoms with Crippen molar-refractivity contribution in [3.8, 4) is 0 Å². The van der Waals surface area contributed by atoms with Crippen molar-refractivity contribution >= 4 is 50.9 Å². The number of carbonyl (C=O) groups is 2. The fourth-order valence-corrected chi connectivity index (χ4v) is 4.59. The Morgan fingerprint density at radius 2 is 2.00 bits per heavy atom. The smallest absolute Gasteiger partial charge is 0.261 e. The van der Waals surface area contributed by atoms with E-state index in [0.29, 0.717) is 30.0 Å². The minimum absolute atomic E-state index is 0.0660. The lowest BCUT2D eigenvalue weighted by molar-refractivity contribution is -0.116. The number of hydrogen-bond acceptors (Lipinski definition) is 4. The molecule has 3 aromatic rings. The van der Waals surface area contributed by atoms with Crippen molar-refractivity contribution < 1.29 is 9.59 Å². The van der Waals surface area contributed by atoms with E-state index in [-0.39, 0.29) is 11.8 Å². The maximum absolute atomic E-state index is 13.2. The van der Waals surface area contributed by atoms with Crippen LogP contribution in [0, 0.1) is 6.92 Å². The molecule has 0 spiro atoms. The number of hydrogen-bond donors (Lipinski definition) is 1. The number of rotatable bonds is 5. The van der Waals surface area contributed by atoms with Crippen molar-refractivity contribution in [3.63, 3.8) is 0 Å². The van der Waals surface area contributed by atoms with Gasteiger partial charge >= 0.3 is 0 Å². The van der Waals surface area contributed by atoms with Gasteiger partial charge in [-0.15, -0.1) is 0 Å². The number of amides is 2. The first-order valence-corrected chi connectivity index (χ1v) is 11.2. The lowest BCUT2D eigenvalue weighted by atomic mass is 10.2. The normalized spacial score (nSPS) is 12.7. The summed E-state index contributed by atoms with van der Waals surface area (Å²) in [5.74, 6) is -0.150. The van der Waals surface area contributed by atoms with Crippen molar-refractivity contribution in [1.29, 1.82) is 0 Å². The molecule has 2 aromatic carbocycles. The Kier molecular flexibility index (Phi) is 6.20. The Bertz CT molecular complexity index is 1120. The predicted molar refractivity (Wildman–Crippen MR) is 123 cm³/mol. The first-order valence-electron chi connectivity index (χ1n) is 9.63. The number of para-hydroxylation sites is 1. The van der Waals surface area contributed by atoms with Crippen molar-refractivity contribution in [1.82, 2.24) is 4.98 Å². The molecule has 0 fully saturated rings. The molecule has 1 N–H and O–H groups in total. The highest BCUT2D eigenvalue weighted by molar-refractivity contribution is 9.10. The number of nitrogens with one attached hydrogen (secondary N) is 1. The SMILES string of the molecule is Cc1cc(NC(=O)CCCN2C(=O)c3cccnc3Sc3ccccc32)ccc1Br. The van der Waals surface area contributed by atoms with Crippen molar-refractivity contribution in [2.45, 2.75) is 29.7 Å². The van der Waals surface area contributed by atoms with Gasteiger partial charge in [0.2, 0.25) is 5.91 Å². The first kappa shape index (κ1) is 20.6. The number of aromatic nitrogens is 1. The average molecular weight is 482 g/mol. The summed E-state index contributed by atoms with van der Waals surface area (Å²) in [7, 11) is 0. The number of anilines is 2. The van der Waals surface area contributed by atoms with Crippen LogP contribution in [0.25, 0.3) is 0 Å². The lowest BCUT2D eigenvalue weighted by Crippen LogP contribution is -2.32. The summed E-state index contributed by atoms with van der Waals surface area (Å²) in [6, 6.07) is 17.1. The van der Waals surface area contributed by atoms with Gasteiger partial charge in [0, 0.05) is 34.2 Å². The molecular formula is C23H20BrN3O2S. The summed E-state index contributed by atoms with van der Waals surface area (Å²) in [5, 5.41) is 3.64. The zero-order chi connectivity index (χ0) is 21.1. The fraction of sp³-hybridized carbons (Fsp3) is 0.174. The van der Waals surface area contributed by atoms with Gasteiger partial charge in [-0.2, -0.15) is 0 Å². The molecule has 0 atom stereocenters. The van der Waals surface area contributed by atoms with Crippen LogP contribution in [0.5, 0.6) is 0 Å². The summed E-state index contributed by atoms with van der Waals surface area (Å²) in [6.45, 7) is 2.43. The molecule has 7 heteroatoms. The number of nitrogens with zero attached hydrogens (tertiary/aromatic N) is 2. The number of pyridine rings is 1.